The summed E-state index contributed by atoms with van der Waals surface area (Å²) < 4.78 is 0. The van der Waals surface area contributed by atoms with E-state index in [0.717, 1.165) is 45.8 Å². The number of hydrogen-bond donors (Lipinski definition) is 2. The molecule has 74 valence electrons. The maximum absolute atomic E-state index is 4.07. The van der Waals surface area contributed by atoms with Gasteiger partial charge >= 0.3 is 0 Å². The molecule has 4 heteroatoms. The first-order valence-electron chi connectivity index (χ1n) is 4.99. The van der Waals surface area contributed by atoms with E-state index in [-0.39, 0.29) is 0 Å². The Balaban J connectivity index is 1.92. The first-order valence-corrected chi connectivity index (χ1v) is 4.99. The van der Waals surface area contributed by atoms with Crippen LogP contribution in [0.15, 0.2) is 12.3 Å². The highest BCUT2D eigenvalue weighted by Crippen LogP contribution is 2.09. The molecule has 0 radical (unpaired) electrons. The molecule has 0 aromatic heterocycles. The van der Waals surface area contributed by atoms with E-state index in [1.807, 2.05) is 0 Å². The Morgan fingerprint density at radius 2 is 1.69 bits per heavy atom. The van der Waals surface area contributed by atoms with Gasteiger partial charge in [-0.05, 0) is 0 Å². The molecule has 2 saturated heterocycles. The Labute approximate surface area is 79.5 Å². The molecule has 4 nitrogen and oxygen atoms in total. The van der Waals surface area contributed by atoms with Gasteiger partial charge in [0.2, 0.25) is 0 Å². The highest BCUT2D eigenvalue weighted by molar-refractivity contribution is 4.99. The topological polar surface area (TPSA) is 30.5 Å². The second-order valence-electron chi connectivity index (χ2n) is 3.57. The normalized spacial score (nSPS) is 26.5. The van der Waals surface area contributed by atoms with Gasteiger partial charge in [0, 0.05) is 51.5 Å². The van der Waals surface area contributed by atoms with Gasteiger partial charge in [0.15, 0.2) is 0 Å². The molecule has 0 aromatic rings. The molecule has 0 bridgehead atoms. The molecule has 2 aliphatic heterocycles. The second kappa shape index (κ2) is 4.09. The van der Waals surface area contributed by atoms with Crippen LogP contribution in [-0.2, 0) is 0 Å². The molecule has 0 saturated carbocycles. The van der Waals surface area contributed by atoms with Gasteiger partial charge in [0.1, 0.15) is 0 Å². The van der Waals surface area contributed by atoms with Crippen LogP contribution in [0.25, 0.3) is 0 Å². The van der Waals surface area contributed by atoms with Crippen molar-refractivity contribution in [1.29, 1.82) is 0 Å². The standard InChI is InChI=1S/C9H18N4/c1-9-8-11-4-7-13(9)12-5-2-10-3-6-12/h10-11H,1-8H2. The highest BCUT2D eigenvalue weighted by atomic mass is 15.6. The maximum atomic E-state index is 4.07. The minimum absolute atomic E-state index is 0.934. The summed E-state index contributed by atoms with van der Waals surface area (Å²) in [4.78, 5) is 0. The fraction of sp³-hybridized carbons (Fsp3) is 0.778. The lowest BCUT2D eigenvalue weighted by Crippen LogP contribution is -2.56. The summed E-state index contributed by atoms with van der Waals surface area (Å²) in [5.74, 6) is 0. The smallest absolute Gasteiger partial charge is 0.0468 e. The maximum Gasteiger partial charge on any atom is 0.0468 e. The quantitative estimate of drug-likeness (QED) is 0.557. The van der Waals surface area contributed by atoms with E-state index in [9.17, 15) is 0 Å². The van der Waals surface area contributed by atoms with Crippen molar-refractivity contribution < 1.29 is 0 Å². The number of hydrogen-bond acceptors (Lipinski definition) is 4. The van der Waals surface area contributed by atoms with Gasteiger partial charge in [0.05, 0.1) is 0 Å². The van der Waals surface area contributed by atoms with Gasteiger partial charge in [-0.2, -0.15) is 0 Å². The summed E-state index contributed by atoms with van der Waals surface area (Å²) in [5, 5.41) is 11.4. The van der Waals surface area contributed by atoms with E-state index in [2.05, 4.69) is 27.2 Å². The molecule has 0 atom stereocenters. The van der Waals surface area contributed by atoms with Gasteiger partial charge in [-0.25, -0.2) is 5.01 Å². The fourth-order valence-corrected chi connectivity index (χ4v) is 1.90. The zero-order valence-electron chi connectivity index (χ0n) is 8.05. The van der Waals surface area contributed by atoms with Crippen LogP contribution >= 0.6 is 0 Å². The van der Waals surface area contributed by atoms with Gasteiger partial charge in [0.25, 0.3) is 0 Å². The lowest BCUT2D eigenvalue weighted by Gasteiger charge is -2.42. The number of hydrazine groups is 1. The fourth-order valence-electron chi connectivity index (χ4n) is 1.90. The summed E-state index contributed by atoms with van der Waals surface area (Å²) in [6, 6.07) is 0. The molecule has 0 amide bonds. The second-order valence-corrected chi connectivity index (χ2v) is 3.57. The summed E-state index contributed by atoms with van der Waals surface area (Å²) >= 11 is 0. The lowest BCUT2D eigenvalue weighted by molar-refractivity contribution is -0.0109. The number of rotatable bonds is 1. The largest absolute Gasteiger partial charge is 0.314 e. The summed E-state index contributed by atoms with van der Waals surface area (Å²) in [6.07, 6.45) is 0. The van der Waals surface area contributed by atoms with Crippen molar-refractivity contribution >= 4 is 0 Å². The average Bonchev–Trinajstić information content (AvgIpc) is 2.20. The molecule has 2 heterocycles. The molecule has 2 N–H and O–H groups in total. The highest BCUT2D eigenvalue weighted by Gasteiger charge is 2.20. The van der Waals surface area contributed by atoms with Crippen LogP contribution in [-0.4, -0.2) is 55.8 Å². The minimum Gasteiger partial charge on any atom is -0.314 e. The zero-order chi connectivity index (χ0) is 9.10. The average molecular weight is 182 g/mol. The first kappa shape index (κ1) is 8.99. The molecule has 2 fully saturated rings. The Morgan fingerprint density at radius 1 is 1.00 bits per heavy atom. The van der Waals surface area contributed by atoms with Gasteiger partial charge in [-0.3, -0.25) is 0 Å². The number of piperazine rings is 2. The Hall–Kier alpha value is -0.580. The zero-order valence-corrected chi connectivity index (χ0v) is 8.05. The summed E-state index contributed by atoms with van der Waals surface area (Å²) in [6.45, 7) is 11.6. The Kier molecular flexibility index (Phi) is 2.83. The summed E-state index contributed by atoms with van der Waals surface area (Å²) in [7, 11) is 0. The van der Waals surface area contributed by atoms with Crippen molar-refractivity contribution in [3.8, 4) is 0 Å². The van der Waals surface area contributed by atoms with E-state index >= 15 is 0 Å². The predicted octanol–water partition coefficient (Wildman–Crippen LogP) is -0.774. The van der Waals surface area contributed by atoms with E-state index < -0.39 is 0 Å². The van der Waals surface area contributed by atoms with Crippen molar-refractivity contribution in [2.45, 2.75) is 0 Å². The first-order chi connectivity index (χ1) is 6.38. The molecular formula is C9H18N4. The van der Waals surface area contributed by atoms with Crippen LogP contribution in [0.2, 0.25) is 0 Å². The van der Waals surface area contributed by atoms with Gasteiger partial charge in [-0.1, -0.05) is 6.58 Å². The molecular weight excluding hydrogens is 164 g/mol. The van der Waals surface area contributed by atoms with Crippen molar-refractivity contribution in [2.75, 3.05) is 45.8 Å². The Morgan fingerprint density at radius 3 is 2.38 bits per heavy atom. The Bertz CT molecular complexity index is 186. The van der Waals surface area contributed by atoms with Crippen molar-refractivity contribution in [1.82, 2.24) is 20.7 Å². The molecule has 13 heavy (non-hydrogen) atoms. The third-order valence-corrected chi connectivity index (χ3v) is 2.63. The van der Waals surface area contributed by atoms with Gasteiger partial charge in [-0.15, -0.1) is 0 Å². The molecule has 2 rings (SSSR count). The minimum atomic E-state index is 0.934. The van der Waals surface area contributed by atoms with Gasteiger partial charge < -0.3 is 15.6 Å². The van der Waals surface area contributed by atoms with Crippen LogP contribution in [0.5, 0.6) is 0 Å². The van der Waals surface area contributed by atoms with E-state index in [1.54, 1.807) is 0 Å². The molecule has 0 unspecified atom stereocenters. The van der Waals surface area contributed by atoms with Crippen LogP contribution in [0.4, 0.5) is 0 Å². The van der Waals surface area contributed by atoms with Crippen LogP contribution < -0.4 is 10.6 Å². The van der Waals surface area contributed by atoms with Crippen molar-refractivity contribution in [2.24, 2.45) is 0 Å². The third-order valence-electron chi connectivity index (χ3n) is 2.63. The molecule has 2 aliphatic rings. The molecule has 0 aliphatic carbocycles. The number of nitrogens with one attached hydrogen (secondary N) is 2. The van der Waals surface area contributed by atoms with Crippen molar-refractivity contribution in [3.05, 3.63) is 12.3 Å². The monoisotopic (exact) mass is 182 g/mol. The van der Waals surface area contributed by atoms with Crippen LogP contribution in [0, 0.1) is 0 Å². The van der Waals surface area contributed by atoms with E-state index in [4.69, 9.17) is 0 Å². The molecule has 0 spiro atoms. The third kappa shape index (κ3) is 2.02. The van der Waals surface area contributed by atoms with Crippen LogP contribution in [0.1, 0.15) is 0 Å². The van der Waals surface area contributed by atoms with E-state index in [1.165, 1.54) is 5.70 Å². The van der Waals surface area contributed by atoms with E-state index in [0.29, 0.717) is 0 Å². The predicted molar refractivity (Wildman–Crippen MR) is 53.2 cm³/mol. The van der Waals surface area contributed by atoms with Crippen molar-refractivity contribution in [3.63, 3.8) is 0 Å². The summed E-state index contributed by atoms with van der Waals surface area (Å²) in [5.41, 5.74) is 1.20. The lowest BCUT2D eigenvalue weighted by atomic mass is 10.3. The number of nitrogens with zero attached hydrogens (tertiary/aromatic N) is 2. The molecule has 0 aromatic carbocycles. The van der Waals surface area contributed by atoms with Crippen LogP contribution in [0.3, 0.4) is 0 Å². The SMILES string of the molecule is C=C1CNCCN1N1CCNCC1.